The Balaban J connectivity index is 1.88. The minimum absolute atomic E-state index is 0.241. The largest absolute Gasteiger partial charge is 0.338 e. The van der Waals surface area contributed by atoms with Crippen LogP contribution in [0.2, 0.25) is 0 Å². The molecule has 1 aliphatic heterocycles. The lowest BCUT2D eigenvalue weighted by atomic mass is 9.99. The predicted octanol–water partition coefficient (Wildman–Crippen LogP) is 1.71. The van der Waals surface area contributed by atoms with E-state index in [1.807, 2.05) is 32.0 Å². The Morgan fingerprint density at radius 2 is 2.05 bits per heavy atom. The van der Waals surface area contributed by atoms with Crippen LogP contribution in [0.5, 0.6) is 0 Å². The van der Waals surface area contributed by atoms with E-state index in [-0.39, 0.29) is 11.9 Å². The number of rotatable bonds is 4. The Morgan fingerprint density at radius 1 is 1.33 bits per heavy atom. The molecule has 1 aromatic carbocycles. The molecule has 2 rings (SSSR count). The second-order valence-corrected chi connectivity index (χ2v) is 5.42. The van der Waals surface area contributed by atoms with Crippen molar-refractivity contribution in [2.75, 3.05) is 19.6 Å². The van der Waals surface area contributed by atoms with Gasteiger partial charge in [0.1, 0.15) is 0 Å². The van der Waals surface area contributed by atoms with Gasteiger partial charge in [0, 0.05) is 13.1 Å². The first-order valence-electron chi connectivity index (χ1n) is 7.49. The number of amides is 3. The van der Waals surface area contributed by atoms with Crippen molar-refractivity contribution in [3.05, 3.63) is 35.9 Å². The van der Waals surface area contributed by atoms with Crippen molar-refractivity contribution in [1.82, 2.24) is 15.5 Å². The average Bonchev–Trinajstić information content (AvgIpc) is 2.97. The van der Waals surface area contributed by atoms with Crippen LogP contribution < -0.4 is 10.6 Å². The summed E-state index contributed by atoms with van der Waals surface area (Å²) >= 11 is 0. The molecule has 2 atom stereocenters. The third-order valence-corrected chi connectivity index (χ3v) is 3.99. The van der Waals surface area contributed by atoms with Gasteiger partial charge in [0.05, 0.1) is 6.04 Å². The Hall–Kier alpha value is -1.88. The molecule has 0 aromatic heterocycles. The number of likely N-dealkylation sites (tertiary alicyclic amines) is 1. The number of benzene rings is 1. The third kappa shape index (κ3) is 4.04. The van der Waals surface area contributed by atoms with Crippen LogP contribution in [0.4, 0.5) is 4.79 Å². The van der Waals surface area contributed by atoms with Gasteiger partial charge in [-0.05, 0) is 38.3 Å². The summed E-state index contributed by atoms with van der Waals surface area (Å²) in [5, 5.41) is 4.95. The number of hydrogen-bond donors (Lipinski definition) is 2. The molecule has 0 aliphatic carbocycles. The van der Waals surface area contributed by atoms with E-state index in [2.05, 4.69) is 27.7 Å². The van der Waals surface area contributed by atoms with Gasteiger partial charge >= 0.3 is 6.03 Å². The molecule has 5 nitrogen and oxygen atoms in total. The van der Waals surface area contributed by atoms with Crippen LogP contribution in [0.25, 0.3) is 0 Å². The van der Waals surface area contributed by atoms with Crippen molar-refractivity contribution in [1.29, 1.82) is 0 Å². The van der Waals surface area contributed by atoms with Crippen LogP contribution in [-0.2, 0) is 4.79 Å². The lowest BCUT2D eigenvalue weighted by Gasteiger charge is -2.23. The first-order valence-corrected chi connectivity index (χ1v) is 7.49. The molecule has 1 aliphatic rings. The highest BCUT2D eigenvalue weighted by molar-refractivity contribution is 5.96. The highest BCUT2D eigenvalue weighted by atomic mass is 16.2. The zero-order chi connectivity index (χ0) is 15.2. The van der Waals surface area contributed by atoms with E-state index in [0.29, 0.717) is 12.5 Å². The SMILES string of the molecule is CCNC(=O)NC(=O)[C@@H](C)N1CC[C@H](c2ccccc2)C1. The van der Waals surface area contributed by atoms with E-state index < -0.39 is 6.03 Å². The Morgan fingerprint density at radius 3 is 2.71 bits per heavy atom. The van der Waals surface area contributed by atoms with Gasteiger partial charge in [-0.25, -0.2) is 4.79 Å². The van der Waals surface area contributed by atoms with Gasteiger partial charge in [0.25, 0.3) is 0 Å². The summed E-state index contributed by atoms with van der Waals surface area (Å²) in [6.45, 7) is 5.91. The first-order chi connectivity index (χ1) is 10.1. The summed E-state index contributed by atoms with van der Waals surface area (Å²) < 4.78 is 0. The smallest absolute Gasteiger partial charge is 0.321 e. The van der Waals surface area contributed by atoms with Crippen LogP contribution in [0, 0.1) is 0 Å². The van der Waals surface area contributed by atoms with Crippen molar-refractivity contribution >= 4 is 11.9 Å². The Labute approximate surface area is 125 Å². The van der Waals surface area contributed by atoms with E-state index in [1.165, 1.54) is 5.56 Å². The monoisotopic (exact) mass is 289 g/mol. The second kappa shape index (κ2) is 7.22. The molecule has 5 heteroatoms. The second-order valence-electron chi connectivity index (χ2n) is 5.42. The molecule has 1 fully saturated rings. The zero-order valence-corrected chi connectivity index (χ0v) is 12.6. The van der Waals surface area contributed by atoms with E-state index in [1.54, 1.807) is 0 Å². The fourth-order valence-corrected chi connectivity index (χ4v) is 2.72. The van der Waals surface area contributed by atoms with E-state index in [4.69, 9.17) is 0 Å². The maximum absolute atomic E-state index is 12.0. The molecule has 114 valence electrons. The lowest BCUT2D eigenvalue weighted by molar-refractivity contribution is -0.124. The molecule has 1 heterocycles. The minimum atomic E-state index is -0.423. The number of carbonyl (C=O) groups is 2. The average molecular weight is 289 g/mol. The van der Waals surface area contributed by atoms with E-state index >= 15 is 0 Å². The third-order valence-electron chi connectivity index (χ3n) is 3.99. The number of imide groups is 1. The normalized spacial score (nSPS) is 20.0. The topological polar surface area (TPSA) is 61.4 Å². The molecule has 0 bridgehead atoms. The van der Waals surface area contributed by atoms with Gasteiger partial charge in [-0.1, -0.05) is 30.3 Å². The van der Waals surface area contributed by atoms with Crippen LogP contribution >= 0.6 is 0 Å². The van der Waals surface area contributed by atoms with Crippen molar-refractivity contribution in [2.24, 2.45) is 0 Å². The van der Waals surface area contributed by atoms with Crippen LogP contribution in [0.15, 0.2) is 30.3 Å². The number of nitrogens with zero attached hydrogens (tertiary/aromatic N) is 1. The van der Waals surface area contributed by atoms with Crippen molar-refractivity contribution < 1.29 is 9.59 Å². The van der Waals surface area contributed by atoms with Crippen LogP contribution in [0.3, 0.4) is 0 Å². The van der Waals surface area contributed by atoms with Gasteiger partial charge in [-0.15, -0.1) is 0 Å². The summed E-state index contributed by atoms with van der Waals surface area (Å²) in [4.78, 5) is 25.6. The van der Waals surface area contributed by atoms with Crippen LogP contribution in [0.1, 0.15) is 31.7 Å². The molecular weight excluding hydrogens is 266 g/mol. The molecule has 2 N–H and O–H groups in total. The highest BCUT2D eigenvalue weighted by Gasteiger charge is 2.30. The van der Waals surface area contributed by atoms with Crippen LogP contribution in [-0.4, -0.2) is 42.5 Å². The summed E-state index contributed by atoms with van der Waals surface area (Å²) in [5.41, 5.74) is 1.32. The maximum atomic E-state index is 12.0. The maximum Gasteiger partial charge on any atom is 0.321 e. The number of hydrogen-bond acceptors (Lipinski definition) is 3. The van der Waals surface area contributed by atoms with Gasteiger partial charge in [-0.2, -0.15) is 0 Å². The van der Waals surface area contributed by atoms with E-state index in [9.17, 15) is 9.59 Å². The molecular formula is C16H23N3O2. The standard InChI is InChI=1S/C16H23N3O2/c1-3-17-16(21)18-15(20)12(2)19-10-9-14(11-19)13-7-5-4-6-8-13/h4-8,12,14H,3,9-11H2,1-2H3,(H2,17,18,20,21)/t12-,14+/m1/s1. The Kier molecular flexibility index (Phi) is 5.33. The zero-order valence-electron chi connectivity index (χ0n) is 12.6. The van der Waals surface area contributed by atoms with Gasteiger partial charge in [0.2, 0.25) is 5.91 Å². The summed E-state index contributed by atoms with van der Waals surface area (Å²) in [6.07, 6.45) is 1.04. The van der Waals surface area contributed by atoms with Crippen molar-refractivity contribution in [2.45, 2.75) is 32.2 Å². The number of nitrogens with one attached hydrogen (secondary N) is 2. The quantitative estimate of drug-likeness (QED) is 0.887. The summed E-state index contributed by atoms with van der Waals surface area (Å²) in [6, 6.07) is 9.65. The molecule has 0 saturated carbocycles. The lowest BCUT2D eigenvalue weighted by Crippen LogP contribution is -2.49. The number of urea groups is 1. The molecule has 3 amide bonds. The predicted molar refractivity (Wildman–Crippen MR) is 82.1 cm³/mol. The molecule has 0 spiro atoms. The highest BCUT2D eigenvalue weighted by Crippen LogP contribution is 2.28. The van der Waals surface area contributed by atoms with E-state index in [0.717, 1.165) is 19.5 Å². The summed E-state index contributed by atoms with van der Waals surface area (Å²) in [5.74, 6) is 0.223. The van der Waals surface area contributed by atoms with Crippen molar-refractivity contribution in [3.8, 4) is 0 Å². The minimum Gasteiger partial charge on any atom is -0.338 e. The summed E-state index contributed by atoms with van der Waals surface area (Å²) in [7, 11) is 0. The molecule has 1 saturated heterocycles. The molecule has 1 aromatic rings. The van der Waals surface area contributed by atoms with Gasteiger partial charge in [-0.3, -0.25) is 15.0 Å². The van der Waals surface area contributed by atoms with Crippen molar-refractivity contribution in [3.63, 3.8) is 0 Å². The molecule has 0 unspecified atom stereocenters. The number of carbonyl (C=O) groups excluding carboxylic acids is 2. The first kappa shape index (κ1) is 15.5. The fraction of sp³-hybridized carbons (Fsp3) is 0.500. The molecule has 0 radical (unpaired) electrons. The van der Waals surface area contributed by atoms with Gasteiger partial charge in [0.15, 0.2) is 0 Å². The van der Waals surface area contributed by atoms with Gasteiger partial charge < -0.3 is 5.32 Å². The fourth-order valence-electron chi connectivity index (χ4n) is 2.72. The Bertz CT molecular complexity index is 490. The molecule has 21 heavy (non-hydrogen) atoms.